The lowest BCUT2D eigenvalue weighted by atomic mass is 10.2. The Bertz CT molecular complexity index is 318. The fourth-order valence-corrected chi connectivity index (χ4v) is 1.85. The summed E-state index contributed by atoms with van der Waals surface area (Å²) in [6, 6.07) is 6.05. The first-order valence-electron chi connectivity index (χ1n) is 5.43. The molecule has 0 spiro atoms. The Labute approximate surface area is 105 Å². The van der Waals surface area contributed by atoms with Crippen molar-refractivity contribution in [3.63, 3.8) is 0 Å². The number of nitrogens with two attached hydrogens (primary N) is 1. The molecule has 0 saturated heterocycles. The van der Waals surface area contributed by atoms with Gasteiger partial charge in [0.15, 0.2) is 0 Å². The summed E-state index contributed by atoms with van der Waals surface area (Å²) in [6.07, 6.45) is 0. The number of ether oxygens (including phenoxy) is 2. The van der Waals surface area contributed by atoms with Gasteiger partial charge >= 0.3 is 0 Å². The lowest BCUT2D eigenvalue weighted by molar-refractivity contribution is -0.656. The predicted octanol–water partition coefficient (Wildman–Crippen LogP) is 1.35. The zero-order valence-electron chi connectivity index (χ0n) is 9.83. The zero-order chi connectivity index (χ0) is 11.8. The summed E-state index contributed by atoms with van der Waals surface area (Å²) in [5.41, 5.74) is 1.16. The highest BCUT2D eigenvalue weighted by molar-refractivity contribution is 9.10. The van der Waals surface area contributed by atoms with Gasteiger partial charge in [0.25, 0.3) is 0 Å². The monoisotopic (exact) mass is 288 g/mol. The molecule has 0 saturated carbocycles. The molecule has 0 aliphatic rings. The van der Waals surface area contributed by atoms with Crippen LogP contribution >= 0.6 is 15.9 Å². The van der Waals surface area contributed by atoms with E-state index in [9.17, 15) is 0 Å². The molecule has 90 valence electrons. The predicted molar refractivity (Wildman–Crippen MR) is 67.9 cm³/mol. The Balaban J connectivity index is 2.21. The van der Waals surface area contributed by atoms with E-state index in [0.29, 0.717) is 0 Å². The Kier molecular flexibility index (Phi) is 6.45. The molecule has 2 N–H and O–H groups in total. The van der Waals surface area contributed by atoms with E-state index in [1.54, 1.807) is 7.11 Å². The third-order valence-corrected chi connectivity index (χ3v) is 2.74. The number of methoxy groups -OCH3 is 1. The molecule has 0 fully saturated rings. The molecule has 0 aromatic heterocycles. The van der Waals surface area contributed by atoms with Crippen LogP contribution < -0.4 is 10.1 Å². The topological polar surface area (TPSA) is 35.1 Å². The smallest absolute Gasteiger partial charge is 0.137 e. The fourth-order valence-electron chi connectivity index (χ4n) is 1.37. The molecule has 3 nitrogen and oxygen atoms in total. The Morgan fingerprint density at radius 2 is 2.00 bits per heavy atom. The van der Waals surface area contributed by atoms with Crippen LogP contribution in [0.2, 0.25) is 0 Å². The van der Waals surface area contributed by atoms with Crippen molar-refractivity contribution in [2.45, 2.75) is 6.92 Å². The zero-order valence-corrected chi connectivity index (χ0v) is 11.4. The Hall–Kier alpha value is -0.580. The van der Waals surface area contributed by atoms with E-state index in [0.717, 1.165) is 42.1 Å². The average molecular weight is 289 g/mol. The van der Waals surface area contributed by atoms with Crippen molar-refractivity contribution in [1.29, 1.82) is 0 Å². The van der Waals surface area contributed by atoms with Gasteiger partial charge in [-0.05, 0) is 30.7 Å². The third kappa shape index (κ3) is 4.96. The molecule has 0 radical (unpaired) electrons. The van der Waals surface area contributed by atoms with E-state index in [4.69, 9.17) is 9.47 Å². The van der Waals surface area contributed by atoms with Crippen LogP contribution in [-0.2, 0) is 4.74 Å². The second kappa shape index (κ2) is 7.65. The van der Waals surface area contributed by atoms with Gasteiger partial charge in [-0.3, -0.25) is 0 Å². The minimum Gasteiger partial charge on any atom is -0.487 e. The van der Waals surface area contributed by atoms with Crippen LogP contribution in [0.3, 0.4) is 0 Å². The normalized spacial score (nSPS) is 10.4. The van der Waals surface area contributed by atoms with Gasteiger partial charge in [0.1, 0.15) is 18.9 Å². The van der Waals surface area contributed by atoms with E-state index < -0.39 is 0 Å². The summed E-state index contributed by atoms with van der Waals surface area (Å²) < 4.78 is 11.7. The summed E-state index contributed by atoms with van der Waals surface area (Å²) in [7, 11) is 1.72. The first-order valence-corrected chi connectivity index (χ1v) is 6.23. The molecule has 4 heteroatoms. The van der Waals surface area contributed by atoms with E-state index in [2.05, 4.69) is 34.2 Å². The molecular formula is C12H19BrNO2+. The molecule has 1 aromatic rings. The second-order valence-corrected chi connectivity index (χ2v) is 4.53. The van der Waals surface area contributed by atoms with Crippen LogP contribution in [0, 0.1) is 6.92 Å². The largest absolute Gasteiger partial charge is 0.487 e. The second-order valence-electron chi connectivity index (χ2n) is 3.62. The van der Waals surface area contributed by atoms with Crippen molar-refractivity contribution in [3.8, 4) is 5.75 Å². The molecule has 16 heavy (non-hydrogen) atoms. The lowest BCUT2D eigenvalue weighted by Crippen LogP contribution is -2.86. The first-order chi connectivity index (χ1) is 7.74. The van der Waals surface area contributed by atoms with Gasteiger partial charge in [0.05, 0.1) is 13.2 Å². The van der Waals surface area contributed by atoms with Crippen molar-refractivity contribution in [3.05, 3.63) is 28.2 Å². The Morgan fingerprint density at radius 3 is 2.69 bits per heavy atom. The number of hydrogen-bond donors (Lipinski definition) is 1. The maximum Gasteiger partial charge on any atom is 0.137 e. The van der Waals surface area contributed by atoms with E-state index >= 15 is 0 Å². The van der Waals surface area contributed by atoms with Gasteiger partial charge in [-0.2, -0.15) is 0 Å². The lowest BCUT2D eigenvalue weighted by Gasteiger charge is -2.08. The number of aryl methyl sites for hydroxylation is 1. The third-order valence-electron chi connectivity index (χ3n) is 2.24. The minimum absolute atomic E-state index is 0.728. The summed E-state index contributed by atoms with van der Waals surface area (Å²) >= 11 is 3.43. The van der Waals surface area contributed by atoms with Gasteiger partial charge < -0.3 is 14.8 Å². The quantitative estimate of drug-likeness (QED) is 0.769. The van der Waals surface area contributed by atoms with E-state index in [-0.39, 0.29) is 0 Å². The van der Waals surface area contributed by atoms with E-state index in [1.807, 2.05) is 12.1 Å². The fraction of sp³-hybridized carbons (Fsp3) is 0.500. The van der Waals surface area contributed by atoms with Crippen molar-refractivity contribution >= 4 is 15.9 Å². The highest BCUT2D eigenvalue weighted by Crippen LogP contribution is 2.21. The van der Waals surface area contributed by atoms with Crippen LogP contribution in [0.25, 0.3) is 0 Å². The van der Waals surface area contributed by atoms with Crippen molar-refractivity contribution in [2.75, 3.05) is 33.4 Å². The maximum atomic E-state index is 5.68. The average Bonchev–Trinajstić information content (AvgIpc) is 2.26. The van der Waals surface area contributed by atoms with Crippen molar-refractivity contribution in [2.24, 2.45) is 0 Å². The van der Waals surface area contributed by atoms with E-state index in [1.165, 1.54) is 0 Å². The summed E-state index contributed by atoms with van der Waals surface area (Å²) in [6.45, 7) is 5.51. The summed E-state index contributed by atoms with van der Waals surface area (Å²) in [5, 5.41) is 2.19. The molecule has 0 aliphatic carbocycles. The molecule has 0 amide bonds. The van der Waals surface area contributed by atoms with Crippen LogP contribution in [-0.4, -0.2) is 33.4 Å². The summed E-state index contributed by atoms with van der Waals surface area (Å²) in [5.74, 6) is 0.961. The molecule has 0 heterocycles. The van der Waals surface area contributed by atoms with Gasteiger partial charge in [-0.25, -0.2) is 0 Å². The number of rotatable bonds is 7. The highest BCUT2D eigenvalue weighted by atomic mass is 79.9. The molecule has 0 aliphatic heterocycles. The first kappa shape index (κ1) is 13.5. The van der Waals surface area contributed by atoms with Crippen LogP contribution in [0.4, 0.5) is 0 Å². The van der Waals surface area contributed by atoms with Crippen LogP contribution in [0.15, 0.2) is 22.7 Å². The van der Waals surface area contributed by atoms with Gasteiger partial charge in [-0.15, -0.1) is 0 Å². The minimum atomic E-state index is 0.728. The van der Waals surface area contributed by atoms with Crippen molar-refractivity contribution in [1.82, 2.24) is 0 Å². The standard InChI is InChI=1S/C12H18BrNO2/c1-10-9-11(13)3-4-12(10)16-8-6-14-5-7-15-2/h3-4,9,14H,5-8H2,1-2H3/p+1. The molecule has 1 aromatic carbocycles. The Morgan fingerprint density at radius 1 is 1.25 bits per heavy atom. The number of hydrogen-bond acceptors (Lipinski definition) is 2. The maximum absolute atomic E-state index is 5.68. The van der Waals surface area contributed by atoms with Crippen LogP contribution in [0.5, 0.6) is 5.75 Å². The SMILES string of the molecule is COCC[NH2+]CCOc1ccc(Br)cc1C. The highest BCUT2D eigenvalue weighted by Gasteiger charge is 2.00. The van der Waals surface area contributed by atoms with Gasteiger partial charge in [0.2, 0.25) is 0 Å². The number of halogens is 1. The summed E-state index contributed by atoms with van der Waals surface area (Å²) in [4.78, 5) is 0. The molecule has 0 atom stereocenters. The van der Waals surface area contributed by atoms with Crippen LogP contribution in [0.1, 0.15) is 5.56 Å². The molecule has 0 unspecified atom stereocenters. The number of quaternary nitrogens is 1. The molecule has 1 rings (SSSR count). The molecular weight excluding hydrogens is 270 g/mol. The van der Waals surface area contributed by atoms with Gasteiger partial charge in [0, 0.05) is 11.6 Å². The molecule has 0 bridgehead atoms. The number of benzene rings is 1. The van der Waals surface area contributed by atoms with Gasteiger partial charge in [-0.1, -0.05) is 15.9 Å². The van der Waals surface area contributed by atoms with Crippen molar-refractivity contribution < 1.29 is 14.8 Å².